The van der Waals surface area contributed by atoms with Crippen LogP contribution in [0.2, 0.25) is 0 Å². The summed E-state index contributed by atoms with van der Waals surface area (Å²) in [5.74, 6) is 5.53. The van der Waals surface area contributed by atoms with E-state index in [9.17, 15) is 0 Å². The van der Waals surface area contributed by atoms with Crippen LogP contribution in [-0.4, -0.2) is 45.6 Å². The maximum atomic E-state index is 2.98. The van der Waals surface area contributed by atoms with Crippen molar-refractivity contribution in [2.45, 2.75) is 207 Å². The second-order valence-corrected chi connectivity index (χ2v) is 22.3. The minimum atomic E-state index is 0.263. The van der Waals surface area contributed by atoms with E-state index in [2.05, 4.69) is 87.1 Å². The molecule has 2 heterocycles. The van der Waals surface area contributed by atoms with Crippen molar-refractivity contribution in [1.29, 1.82) is 0 Å². The Kier molecular flexibility index (Phi) is 12.4. The van der Waals surface area contributed by atoms with E-state index in [1.807, 2.05) is 0 Å². The van der Waals surface area contributed by atoms with Crippen LogP contribution in [0.25, 0.3) is 0 Å². The van der Waals surface area contributed by atoms with Crippen molar-refractivity contribution >= 4 is 17.5 Å². The second-order valence-electron chi connectivity index (χ2n) is 21.0. The summed E-state index contributed by atoms with van der Waals surface area (Å²) in [5, 5.41) is 0.795. The Bertz CT molecular complexity index is 1480. The van der Waals surface area contributed by atoms with Crippen LogP contribution in [0.4, 0.5) is 0 Å². The van der Waals surface area contributed by atoms with Crippen LogP contribution in [0.3, 0.4) is 0 Å². The van der Waals surface area contributed by atoms with Crippen molar-refractivity contribution in [1.82, 2.24) is 4.90 Å². The van der Waals surface area contributed by atoms with Crippen molar-refractivity contribution in [3.8, 4) is 0 Å². The van der Waals surface area contributed by atoms with Crippen LogP contribution in [0.5, 0.6) is 0 Å². The largest absolute Gasteiger partial charge is 0.371 e. The van der Waals surface area contributed by atoms with Crippen molar-refractivity contribution in [2.75, 3.05) is 13.1 Å². The number of hydrogen-bond acceptors (Lipinski definition) is 2. The van der Waals surface area contributed by atoms with E-state index in [0.717, 1.165) is 52.8 Å². The Hall–Kier alpha value is -1.22. The first-order chi connectivity index (χ1) is 26.2. The van der Waals surface area contributed by atoms with Crippen molar-refractivity contribution in [3.63, 3.8) is 0 Å². The molecule has 6 fully saturated rings. The SMILES string of the molecule is CCCCN1/C(=C/C=C2\CCC(/C=C/C3=[N+](CCCC)C4CCC5CCCCC5C4C3(C)C)=C2SC2CCCCC2)C(C)(C)C2C3CCCCC3CCC21. The topological polar surface area (TPSA) is 6.25 Å². The van der Waals surface area contributed by atoms with Crippen LogP contribution in [-0.2, 0) is 0 Å². The lowest BCUT2D eigenvalue weighted by Gasteiger charge is -2.47. The molecule has 0 N–H and O–H groups in total. The van der Waals surface area contributed by atoms with Gasteiger partial charge in [0.05, 0.1) is 5.41 Å². The average Bonchev–Trinajstić information content (AvgIpc) is 3.74. The van der Waals surface area contributed by atoms with Gasteiger partial charge in [0.25, 0.3) is 0 Å². The lowest BCUT2D eigenvalue weighted by atomic mass is 9.57. The van der Waals surface area contributed by atoms with E-state index in [4.69, 9.17) is 0 Å². The van der Waals surface area contributed by atoms with Gasteiger partial charge in [-0.15, -0.1) is 11.8 Å². The average molecular weight is 754 g/mol. The van der Waals surface area contributed by atoms with Gasteiger partial charge < -0.3 is 4.90 Å². The van der Waals surface area contributed by atoms with Crippen molar-refractivity contribution < 1.29 is 4.58 Å². The highest BCUT2D eigenvalue weighted by atomic mass is 32.2. The summed E-state index contributed by atoms with van der Waals surface area (Å²) < 4.78 is 2.98. The normalized spacial score (nSPS) is 38.1. The number of fused-ring (bicyclic) bond motifs is 6. The third-order valence-corrected chi connectivity index (χ3v) is 18.8. The molecule has 6 aliphatic carbocycles. The maximum absolute atomic E-state index is 2.98. The lowest BCUT2D eigenvalue weighted by Crippen LogP contribution is -2.46. The molecule has 300 valence electrons. The molecular weight excluding hydrogens is 673 g/mol. The third kappa shape index (κ3) is 7.47. The molecule has 0 amide bonds. The van der Waals surface area contributed by atoms with Gasteiger partial charge in [0.2, 0.25) is 0 Å². The highest BCUT2D eigenvalue weighted by Crippen LogP contribution is 2.60. The molecule has 54 heavy (non-hydrogen) atoms. The van der Waals surface area contributed by atoms with Gasteiger partial charge in [0.15, 0.2) is 11.8 Å². The van der Waals surface area contributed by atoms with Gasteiger partial charge in [-0.2, -0.15) is 0 Å². The molecule has 0 spiro atoms. The van der Waals surface area contributed by atoms with E-state index in [1.165, 1.54) is 161 Å². The van der Waals surface area contributed by atoms with Crippen molar-refractivity contribution in [3.05, 3.63) is 46.1 Å². The highest BCUT2D eigenvalue weighted by molar-refractivity contribution is 8.04. The summed E-state index contributed by atoms with van der Waals surface area (Å²) in [5.41, 5.74) is 7.22. The quantitative estimate of drug-likeness (QED) is 0.194. The molecule has 5 saturated carbocycles. The zero-order valence-corrected chi connectivity index (χ0v) is 36.8. The Labute approximate surface area is 337 Å². The minimum absolute atomic E-state index is 0.263. The molecule has 8 unspecified atom stereocenters. The number of unbranched alkanes of at least 4 members (excludes halogenated alkanes) is 2. The van der Waals surface area contributed by atoms with Gasteiger partial charge in [0, 0.05) is 58.7 Å². The fraction of sp³-hybridized carbons (Fsp3) is 0.824. The smallest absolute Gasteiger partial charge is 0.182 e. The molecular formula is C51H81N2S+. The van der Waals surface area contributed by atoms with E-state index >= 15 is 0 Å². The van der Waals surface area contributed by atoms with Gasteiger partial charge >= 0.3 is 0 Å². The summed E-state index contributed by atoms with van der Waals surface area (Å²) in [7, 11) is 0. The predicted molar refractivity (Wildman–Crippen MR) is 234 cm³/mol. The number of thioether (sulfide) groups is 1. The van der Waals surface area contributed by atoms with Crippen molar-refractivity contribution in [2.24, 2.45) is 46.3 Å². The van der Waals surface area contributed by atoms with Crippen LogP contribution in [0.1, 0.15) is 189 Å². The number of nitrogens with zero attached hydrogens (tertiary/aromatic N) is 2. The first-order valence-corrected chi connectivity index (χ1v) is 25.0. The van der Waals surface area contributed by atoms with E-state index in [1.54, 1.807) is 27.5 Å². The Morgan fingerprint density at radius 2 is 1.33 bits per heavy atom. The summed E-state index contributed by atoms with van der Waals surface area (Å²) >= 11 is 2.30. The molecule has 0 aromatic carbocycles. The molecule has 0 aromatic heterocycles. The molecule has 2 nitrogen and oxygen atoms in total. The van der Waals surface area contributed by atoms with Gasteiger partial charge in [0.1, 0.15) is 6.54 Å². The fourth-order valence-corrected chi connectivity index (χ4v) is 16.3. The Morgan fingerprint density at radius 3 is 2.06 bits per heavy atom. The number of rotatable bonds is 11. The van der Waals surface area contributed by atoms with Crippen LogP contribution in [0.15, 0.2) is 46.1 Å². The molecule has 3 heteroatoms. The zero-order chi connectivity index (χ0) is 37.5. The van der Waals surface area contributed by atoms with E-state index in [0.29, 0.717) is 0 Å². The molecule has 0 radical (unpaired) electrons. The zero-order valence-electron chi connectivity index (χ0n) is 36.0. The number of likely N-dealkylation sites (tertiary alicyclic amines) is 1. The summed E-state index contributed by atoms with van der Waals surface area (Å²) in [6, 6.07) is 1.53. The first-order valence-electron chi connectivity index (χ1n) is 24.1. The maximum Gasteiger partial charge on any atom is 0.182 e. The minimum Gasteiger partial charge on any atom is -0.371 e. The van der Waals surface area contributed by atoms with Crippen LogP contribution in [0, 0.1) is 46.3 Å². The second kappa shape index (κ2) is 16.9. The predicted octanol–water partition coefficient (Wildman–Crippen LogP) is 14.1. The number of allylic oxidation sites excluding steroid dienone is 7. The summed E-state index contributed by atoms with van der Waals surface area (Å²) in [6.45, 7) is 17.9. The van der Waals surface area contributed by atoms with Crippen LogP contribution < -0.4 is 0 Å². The molecule has 8 atom stereocenters. The van der Waals surface area contributed by atoms with Gasteiger partial charge in [-0.25, -0.2) is 4.58 Å². The standard InChI is InChI=1S/C51H81N2S/c1-7-9-34-52-43-30-26-36-18-14-16-22-41(36)47(43)50(3,4)45(52)32-28-38-24-25-39(49(38)54-40-20-12-11-13-21-40)29-33-46-51(5,6)48-42-23-17-15-19-37(42)27-31-44(48)53(46)35-10-8-2/h28-29,32-33,36-37,40-44,47-48H,7-27,30-31,34-35H2,1-6H3/q+1. The summed E-state index contributed by atoms with van der Waals surface area (Å²) in [4.78, 5) is 4.65. The van der Waals surface area contributed by atoms with Gasteiger partial charge in [-0.1, -0.05) is 110 Å². The van der Waals surface area contributed by atoms with E-state index in [-0.39, 0.29) is 10.8 Å². The molecule has 1 saturated heterocycles. The lowest BCUT2D eigenvalue weighted by molar-refractivity contribution is -0.569. The summed E-state index contributed by atoms with van der Waals surface area (Å²) in [6.07, 6.45) is 43.2. The molecule has 8 aliphatic rings. The number of hydrogen-bond donors (Lipinski definition) is 0. The monoisotopic (exact) mass is 754 g/mol. The molecule has 0 bridgehead atoms. The Balaban J connectivity index is 1.14. The van der Waals surface area contributed by atoms with Gasteiger partial charge in [-0.3, -0.25) is 0 Å². The molecule has 2 aliphatic heterocycles. The highest BCUT2D eigenvalue weighted by Gasteiger charge is 2.60. The molecule has 8 rings (SSSR count). The van der Waals surface area contributed by atoms with E-state index < -0.39 is 0 Å². The Morgan fingerprint density at radius 1 is 0.667 bits per heavy atom. The van der Waals surface area contributed by atoms with Gasteiger partial charge in [-0.05, 0) is 125 Å². The third-order valence-electron chi connectivity index (χ3n) is 17.2. The molecule has 0 aromatic rings. The fourth-order valence-electron chi connectivity index (χ4n) is 14.7. The van der Waals surface area contributed by atoms with Crippen LogP contribution >= 0.6 is 11.8 Å². The first kappa shape index (κ1) is 39.6.